The Kier molecular flexibility index (Phi) is 8.62. The van der Waals surface area contributed by atoms with E-state index in [1.807, 2.05) is 36.4 Å². The molecule has 0 heterocycles. The van der Waals surface area contributed by atoms with E-state index in [9.17, 15) is 9.59 Å². The lowest BCUT2D eigenvalue weighted by molar-refractivity contribution is -0.119. The smallest absolute Gasteiger partial charge is 0.256 e. The van der Waals surface area contributed by atoms with Crippen LogP contribution in [0.2, 0.25) is 0 Å². The maximum absolute atomic E-state index is 12.9. The summed E-state index contributed by atoms with van der Waals surface area (Å²) in [6.07, 6.45) is 3.35. The van der Waals surface area contributed by atoms with Crippen molar-refractivity contribution in [1.29, 1.82) is 0 Å². The Morgan fingerprint density at radius 2 is 1.68 bits per heavy atom. The number of benzene rings is 2. The van der Waals surface area contributed by atoms with Crippen LogP contribution in [0, 0.1) is 0 Å². The van der Waals surface area contributed by atoms with E-state index in [1.165, 1.54) is 0 Å². The van der Waals surface area contributed by atoms with Crippen LogP contribution in [0.5, 0.6) is 0 Å². The molecule has 0 atom stereocenters. The maximum atomic E-state index is 12.9. The summed E-state index contributed by atoms with van der Waals surface area (Å²) in [6.45, 7) is 2.60. The zero-order valence-corrected chi connectivity index (χ0v) is 17.2. The van der Waals surface area contributed by atoms with Gasteiger partial charge >= 0.3 is 0 Å². The lowest BCUT2D eigenvalue weighted by Gasteiger charge is -2.20. The van der Waals surface area contributed by atoms with Gasteiger partial charge in [0.15, 0.2) is 5.11 Å². The normalized spacial score (nSPS) is 10.2. The molecule has 0 bridgehead atoms. The van der Waals surface area contributed by atoms with Crippen molar-refractivity contribution in [2.75, 3.05) is 12.4 Å². The third-order valence-corrected chi connectivity index (χ3v) is 4.48. The summed E-state index contributed by atoms with van der Waals surface area (Å²) in [5, 5.41) is 5.86. The van der Waals surface area contributed by atoms with Crippen LogP contribution < -0.4 is 10.6 Å². The molecule has 28 heavy (non-hydrogen) atoms. The number of thiocarbonyl (C=S) groups is 1. The Morgan fingerprint density at radius 3 is 2.39 bits per heavy atom. The molecule has 0 radical (unpaired) electrons. The zero-order chi connectivity index (χ0) is 20.4. The fraction of sp³-hybridized carbons (Fsp3) is 0.318. The minimum atomic E-state index is -0.121. The molecule has 5 nitrogen and oxygen atoms in total. The molecule has 0 aliphatic heterocycles. The van der Waals surface area contributed by atoms with E-state index in [0.29, 0.717) is 24.2 Å². The van der Waals surface area contributed by atoms with Crippen LogP contribution in [0.25, 0.3) is 0 Å². The summed E-state index contributed by atoms with van der Waals surface area (Å²) >= 11 is 5.24. The first-order valence-corrected chi connectivity index (χ1v) is 9.91. The Balaban J connectivity index is 2.00. The number of hydrogen-bond acceptors (Lipinski definition) is 3. The first kappa shape index (κ1) is 21.6. The van der Waals surface area contributed by atoms with Crippen molar-refractivity contribution < 1.29 is 9.59 Å². The third-order valence-electron chi connectivity index (χ3n) is 4.28. The van der Waals surface area contributed by atoms with Gasteiger partial charge in [0.25, 0.3) is 5.91 Å². The van der Waals surface area contributed by atoms with Gasteiger partial charge in [-0.15, -0.1) is 0 Å². The SMILES string of the molecule is CCCCCC(=O)NC(=S)Nc1ccccc1C(=O)N(C)Cc1ccccc1. The predicted molar refractivity (Wildman–Crippen MR) is 117 cm³/mol. The Labute approximate surface area is 172 Å². The van der Waals surface area contributed by atoms with E-state index in [4.69, 9.17) is 12.2 Å². The summed E-state index contributed by atoms with van der Waals surface area (Å²) in [4.78, 5) is 26.5. The van der Waals surface area contributed by atoms with Crippen LogP contribution in [0.4, 0.5) is 5.69 Å². The number of carbonyl (C=O) groups excluding carboxylic acids is 2. The highest BCUT2D eigenvalue weighted by Gasteiger charge is 2.17. The van der Waals surface area contributed by atoms with Crippen molar-refractivity contribution in [2.45, 2.75) is 39.2 Å². The van der Waals surface area contributed by atoms with Crippen molar-refractivity contribution in [2.24, 2.45) is 0 Å². The lowest BCUT2D eigenvalue weighted by Crippen LogP contribution is -2.35. The number of amides is 2. The largest absolute Gasteiger partial charge is 0.337 e. The highest BCUT2D eigenvalue weighted by Crippen LogP contribution is 2.18. The molecule has 148 valence electrons. The molecule has 2 N–H and O–H groups in total. The Bertz CT molecular complexity index is 808. The molecule has 0 aromatic heterocycles. The molecule has 2 rings (SSSR count). The van der Waals surface area contributed by atoms with Crippen LogP contribution in [-0.2, 0) is 11.3 Å². The summed E-state index contributed by atoms with van der Waals surface area (Å²) in [7, 11) is 1.76. The molecule has 0 aliphatic rings. The number of carbonyl (C=O) groups is 2. The van der Waals surface area contributed by atoms with Gasteiger partial charge in [0.05, 0.1) is 11.3 Å². The van der Waals surface area contributed by atoms with Crippen molar-refractivity contribution in [3.63, 3.8) is 0 Å². The van der Waals surface area contributed by atoms with Gasteiger partial charge < -0.3 is 15.5 Å². The number of rotatable bonds is 8. The average Bonchev–Trinajstić information content (AvgIpc) is 2.68. The van der Waals surface area contributed by atoms with Gasteiger partial charge in [-0.1, -0.05) is 62.2 Å². The van der Waals surface area contributed by atoms with Gasteiger partial charge in [0.1, 0.15) is 0 Å². The van der Waals surface area contributed by atoms with Gasteiger partial charge in [-0.3, -0.25) is 9.59 Å². The number of nitrogens with zero attached hydrogens (tertiary/aromatic N) is 1. The molecule has 0 spiro atoms. The average molecular weight is 398 g/mol. The summed E-state index contributed by atoms with van der Waals surface area (Å²) < 4.78 is 0. The van der Waals surface area contributed by atoms with Crippen LogP contribution in [-0.4, -0.2) is 28.9 Å². The molecular weight excluding hydrogens is 370 g/mol. The van der Waals surface area contributed by atoms with E-state index in [2.05, 4.69) is 17.6 Å². The first-order valence-electron chi connectivity index (χ1n) is 9.50. The highest BCUT2D eigenvalue weighted by atomic mass is 32.1. The zero-order valence-electron chi connectivity index (χ0n) is 16.4. The monoisotopic (exact) mass is 397 g/mol. The number of anilines is 1. The van der Waals surface area contributed by atoms with Gasteiger partial charge in [-0.2, -0.15) is 0 Å². The second kappa shape index (κ2) is 11.2. The van der Waals surface area contributed by atoms with E-state index < -0.39 is 0 Å². The number of nitrogens with one attached hydrogen (secondary N) is 2. The first-order chi connectivity index (χ1) is 13.5. The molecular formula is C22H27N3O2S. The van der Waals surface area contributed by atoms with Crippen LogP contribution in [0.15, 0.2) is 54.6 Å². The Morgan fingerprint density at radius 1 is 1.00 bits per heavy atom. The quantitative estimate of drug-likeness (QED) is 0.513. The van der Waals surface area contributed by atoms with Crippen LogP contribution in [0.1, 0.15) is 48.5 Å². The van der Waals surface area contributed by atoms with Crippen molar-refractivity contribution >= 4 is 34.8 Å². The van der Waals surface area contributed by atoms with E-state index in [1.54, 1.807) is 30.1 Å². The molecule has 0 fully saturated rings. The second-order valence-electron chi connectivity index (χ2n) is 6.65. The fourth-order valence-corrected chi connectivity index (χ4v) is 3.02. The second-order valence-corrected chi connectivity index (χ2v) is 7.06. The molecule has 2 aromatic carbocycles. The topological polar surface area (TPSA) is 61.4 Å². The van der Waals surface area contributed by atoms with Crippen molar-refractivity contribution in [3.8, 4) is 0 Å². The van der Waals surface area contributed by atoms with Crippen LogP contribution >= 0.6 is 12.2 Å². The van der Waals surface area contributed by atoms with Crippen LogP contribution in [0.3, 0.4) is 0 Å². The lowest BCUT2D eigenvalue weighted by atomic mass is 10.1. The minimum Gasteiger partial charge on any atom is -0.337 e. The number of unbranched alkanes of at least 4 members (excludes halogenated alkanes) is 2. The van der Waals surface area contributed by atoms with Gasteiger partial charge in [0, 0.05) is 20.0 Å². The van der Waals surface area contributed by atoms with E-state index in [-0.39, 0.29) is 16.9 Å². The molecule has 0 saturated heterocycles. The number of para-hydroxylation sites is 1. The molecule has 2 aromatic rings. The molecule has 0 saturated carbocycles. The van der Waals surface area contributed by atoms with Gasteiger partial charge in [-0.25, -0.2) is 0 Å². The summed E-state index contributed by atoms with van der Waals surface area (Å²) in [5.74, 6) is -0.236. The molecule has 2 amide bonds. The van der Waals surface area contributed by atoms with Gasteiger partial charge in [0.2, 0.25) is 5.91 Å². The van der Waals surface area contributed by atoms with Crippen molar-refractivity contribution in [1.82, 2.24) is 10.2 Å². The molecule has 0 aliphatic carbocycles. The maximum Gasteiger partial charge on any atom is 0.256 e. The summed E-state index contributed by atoms with van der Waals surface area (Å²) in [5.41, 5.74) is 2.13. The Hall–Kier alpha value is -2.73. The van der Waals surface area contributed by atoms with E-state index in [0.717, 1.165) is 24.8 Å². The summed E-state index contributed by atoms with van der Waals surface area (Å²) in [6, 6.07) is 17.0. The standard InChI is InChI=1S/C22H27N3O2S/c1-3-4-6-15-20(26)24-22(28)23-19-14-10-9-13-18(19)21(27)25(2)16-17-11-7-5-8-12-17/h5,7-14H,3-4,6,15-16H2,1-2H3,(H2,23,24,26,28). The predicted octanol–water partition coefficient (Wildman–Crippen LogP) is 4.35. The minimum absolute atomic E-state index is 0.115. The molecule has 0 unspecified atom stereocenters. The highest BCUT2D eigenvalue weighted by molar-refractivity contribution is 7.80. The van der Waals surface area contributed by atoms with Gasteiger partial charge in [-0.05, 0) is 36.3 Å². The molecule has 6 heteroatoms. The third kappa shape index (κ3) is 6.78. The fourth-order valence-electron chi connectivity index (χ4n) is 2.79. The van der Waals surface area contributed by atoms with Crippen molar-refractivity contribution in [3.05, 3.63) is 65.7 Å². The van der Waals surface area contributed by atoms with E-state index >= 15 is 0 Å². The number of hydrogen-bond donors (Lipinski definition) is 2.